The fraction of sp³-hybridized carbons (Fsp3) is 0.364. The van der Waals surface area contributed by atoms with Crippen molar-refractivity contribution in [3.63, 3.8) is 0 Å². The highest BCUT2D eigenvalue weighted by Gasteiger charge is 2.37. The molecule has 2 unspecified atom stereocenters. The zero-order valence-corrected chi connectivity index (χ0v) is 17.4. The highest BCUT2D eigenvalue weighted by atomic mass is 16.6. The number of nitrogens with zero attached hydrogens (tertiary/aromatic N) is 5. The van der Waals surface area contributed by atoms with E-state index in [-0.39, 0.29) is 12.0 Å². The summed E-state index contributed by atoms with van der Waals surface area (Å²) in [5.74, 6) is 3.14. The summed E-state index contributed by atoms with van der Waals surface area (Å²) in [5.41, 5.74) is 0.804. The molecule has 1 saturated heterocycles. The van der Waals surface area contributed by atoms with Crippen LogP contribution in [0.15, 0.2) is 47.1 Å². The molecule has 2 aromatic heterocycles. The first kappa shape index (κ1) is 19.3. The second-order valence-corrected chi connectivity index (χ2v) is 7.66. The summed E-state index contributed by atoms with van der Waals surface area (Å²) >= 11 is 0. The maximum atomic E-state index is 13.1. The van der Waals surface area contributed by atoms with E-state index in [1.54, 1.807) is 13.1 Å². The SMILES string of the molecule is Cc1nc(-c2ccc(N3CCN(C(=O)C4Oc5ccccc5OC4C)CC3)nc2)no1. The highest BCUT2D eigenvalue weighted by molar-refractivity contribution is 5.82. The number of piperazine rings is 1. The van der Waals surface area contributed by atoms with Gasteiger partial charge in [0.2, 0.25) is 17.8 Å². The van der Waals surface area contributed by atoms with Gasteiger partial charge in [-0.05, 0) is 31.2 Å². The third-order valence-electron chi connectivity index (χ3n) is 5.53. The molecule has 1 aromatic carbocycles. The number of amides is 1. The number of pyridine rings is 1. The Morgan fingerprint density at radius 3 is 2.42 bits per heavy atom. The third-order valence-corrected chi connectivity index (χ3v) is 5.53. The van der Waals surface area contributed by atoms with Crippen molar-refractivity contribution in [3.05, 3.63) is 48.5 Å². The minimum atomic E-state index is -0.641. The molecule has 160 valence electrons. The van der Waals surface area contributed by atoms with E-state index in [1.807, 2.05) is 48.2 Å². The summed E-state index contributed by atoms with van der Waals surface area (Å²) in [6, 6.07) is 11.3. The van der Waals surface area contributed by atoms with Gasteiger partial charge in [0, 0.05) is 44.9 Å². The molecule has 5 rings (SSSR count). The molecule has 9 heteroatoms. The van der Waals surface area contributed by atoms with Gasteiger partial charge in [-0.25, -0.2) is 4.98 Å². The molecular formula is C22H23N5O4. The third kappa shape index (κ3) is 3.78. The van der Waals surface area contributed by atoms with Gasteiger partial charge in [0.1, 0.15) is 11.9 Å². The minimum absolute atomic E-state index is 0.0440. The monoisotopic (exact) mass is 421 g/mol. The van der Waals surface area contributed by atoms with Crippen LogP contribution in [0.2, 0.25) is 0 Å². The molecule has 0 spiro atoms. The molecule has 9 nitrogen and oxygen atoms in total. The summed E-state index contributed by atoms with van der Waals surface area (Å²) < 4.78 is 16.9. The fourth-order valence-electron chi connectivity index (χ4n) is 3.85. The zero-order chi connectivity index (χ0) is 21.4. The molecule has 0 radical (unpaired) electrons. The Morgan fingerprint density at radius 1 is 1.03 bits per heavy atom. The lowest BCUT2D eigenvalue weighted by molar-refractivity contribution is -0.144. The van der Waals surface area contributed by atoms with Crippen LogP contribution < -0.4 is 14.4 Å². The largest absolute Gasteiger partial charge is 0.482 e. The number of aryl methyl sites for hydroxylation is 1. The highest BCUT2D eigenvalue weighted by Crippen LogP contribution is 2.34. The number of ether oxygens (including phenoxy) is 2. The Hall–Kier alpha value is -3.62. The molecule has 2 aliphatic rings. The molecule has 0 bridgehead atoms. The van der Waals surface area contributed by atoms with Gasteiger partial charge >= 0.3 is 0 Å². The molecule has 1 fully saturated rings. The summed E-state index contributed by atoms with van der Waals surface area (Å²) in [5, 5.41) is 3.92. The number of carbonyl (C=O) groups is 1. The van der Waals surface area contributed by atoms with Crippen molar-refractivity contribution in [2.75, 3.05) is 31.1 Å². The van der Waals surface area contributed by atoms with E-state index in [1.165, 1.54) is 0 Å². The van der Waals surface area contributed by atoms with E-state index in [2.05, 4.69) is 20.0 Å². The second kappa shape index (κ2) is 7.90. The van der Waals surface area contributed by atoms with Crippen LogP contribution in [-0.2, 0) is 4.79 Å². The first-order valence-corrected chi connectivity index (χ1v) is 10.3. The van der Waals surface area contributed by atoms with Gasteiger partial charge in [0.05, 0.1) is 0 Å². The number of fused-ring (bicyclic) bond motifs is 1. The predicted octanol–water partition coefficient (Wildman–Crippen LogP) is 2.32. The molecule has 2 aliphatic heterocycles. The number of hydrogen-bond acceptors (Lipinski definition) is 8. The lowest BCUT2D eigenvalue weighted by Crippen LogP contribution is -2.56. The van der Waals surface area contributed by atoms with E-state index < -0.39 is 6.10 Å². The van der Waals surface area contributed by atoms with Gasteiger partial charge < -0.3 is 23.8 Å². The van der Waals surface area contributed by atoms with Gasteiger partial charge in [-0.3, -0.25) is 4.79 Å². The molecule has 1 amide bonds. The number of anilines is 1. The molecule has 4 heterocycles. The average Bonchev–Trinajstić information content (AvgIpc) is 3.25. The first-order valence-electron chi connectivity index (χ1n) is 10.3. The fourth-order valence-corrected chi connectivity index (χ4v) is 3.85. The van der Waals surface area contributed by atoms with Gasteiger partial charge in [0.15, 0.2) is 11.5 Å². The van der Waals surface area contributed by atoms with Crippen LogP contribution in [0.5, 0.6) is 11.5 Å². The van der Waals surface area contributed by atoms with Gasteiger partial charge in [0.25, 0.3) is 5.91 Å². The molecule has 0 N–H and O–H groups in total. The average molecular weight is 421 g/mol. The van der Waals surface area contributed by atoms with Crippen molar-refractivity contribution in [1.82, 2.24) is 20.0 Å². The second-order valence-electron chi connectivity index (χ2n) is 7.66. The molecule has 31 heavy (non-hydrogen) atoms. The maximum Gasteiger partial charge on any atom is 0.267 e. The van der Waals surface area contributed by atoms with E-state index in [0.29, 0.717) is 49.4 Å². The predicted molar refractivity (Wildman–Crippen MR) is 112 cm³/mol. The Bertz CT molecular complexity index is 1080. The maximum absolute atomic E-state index is 13.1. The van der Waals surface area contributed by atoms with E-state index >= 15 is 0 Å². The lowest BCUT2D eigenvalue weighted by Gasteiger charge is -2.39. The van der Waals surface area contributed by atoms with Crippen LogP contribution in [0.1, 0.15) is 12.8 Å². The summed E-state index contributed by atoms with van der Waals surface area (Å²) in [4.78, 5) is 25.8. The van der Waals surface area contributed by atoms with E-state index in [0.717, 1.165) is 11.4 Å². The number of aromatic nitrogens is 3. The number of benzene rings is 1. The van der Waals surface area contributed by atoms with Crippen molar-refractivity contribution in [1.29, 1.82) is 0 Å². The standard InChI is InChI=1S/C22H23N5O4/c1-14-20(30-18-6-4-3-5-17(18)29-14)22(28)27-11-9-26(10-12-27)19-8-7-16(13-23-19)21-24-15(2)31-25-21/h3-8,13-14,20H,9-12H2,1-2H3. The normalized spacial score (nSPS) is 20.6. The number of rotatable bonds is 3. The van der Waals surface area contributed by atoms with Crippen molar-refractivity contribution in [2.24, 2.45) is 0 Å². The van der Waals surface area contributed by atoms with Crippen LogP contribution >= 0.6 is 0 Å². The number of hydrogen-bond donors (Lipinski definition) is 0. The Morgan fingerprint density at radius 2 is 1.77 bits per heavy atom. The van der Waals surface area contributed by atoms with Crippen molar-refractivity contribution < 1.29 is 18.8 Å². The van der Waals surface area contributed by atoms with Crippen LogP contribution in [0.3, 0.4) is 0 Å². The van der Waals surface area contributed by atoms with Crippen LogP contribution in [0, 0.1) is 6.92 Å². The minimum Gasteiger partial charge on any atom is -0.482 e. The Kier molecular flexibility index (Phi) is 4.93. The molecule has 0 saturated carbocycles. The summed E-state index contributed by atoms with van der Waals surface area (Å²) in [7, 11) is 0. The smallest absolute Gasteiger partial charge is 0.267 e. The Labute approximate surface area is 179 Å². The number of carbonyl (C=O) groups excluding carboxylic acids is 1. The molecular weight excluding hydrogens is 398 g/mol. The van der Waals surface area contributed by atoms with Gasteiger partial charge in [-0.1, -0.05) is 17.3 Å². The van der Waals surface area contributed by atoms with Gasteiger partial charge in [-0.15, -0.1) is 0 Å². The van der Waals surface area contributed by atoms with Crippen molar-refractivity contribution in [2.45, 2.75) is 26.1 Å². The van der Waals surface area contributed by atoms with Crippen LogP contribution in [-0.4, -0.2) is 64.3 Å². The molecule has 2 atom stereocenters. The molecule has 0 aliphatic carbocycles. The van der Waals surface area contributed by atoms with Crippen LogP contribution in [0.4, 0.5) is 5.82 Å². The van der Waals surface area contributed by atoms with Crippen molar-refractivity contribution in [3.8, 4) is 22.9 Å². The number of para-hydroxylation sites is 2. The zero-order valence-electron chi connectivity index (χ0n) is 17.4. The van der Waals surface area contributed by atoms with Crippen LogP contribution in [0.25, 0.3) is 11.4 Å². The molecule has 3 aromatic rings. The summed E-state index contributed by atoms with van der Waals surface area (Å²) in [6.07, 6.45) is 0.754. The van der Waals surface area contributed by atoms with E-state index in [9.17, 15) is 4.79 Å². The quantitative estimate of drug-likeness (QED) is 0.636. The van der Waals surface area contributed by atoms with E-state index in [4.69, 9.17) is 14.0 Å². The summed E-state index contributed by atoms with van der Waals surface area (Å²) in [6.45, 7) is 6.20. The lowest BCUT2D eigenvalue weighted by atomic mass is 10.1. The van der Waals surface area contributed by atoms with Crippen molar-refractivity contribution >= 4 is 11.7 Å². The topological polar surface area (TPSA) is 93.8 Å². The Balaban J connectivity index is 1.21. The van der Waals surface area contributed by atoms with Gasteiger partial charge in [-0.2, -0.15) is 4.98 Å². The first-order chi connectivity index (χ1) is 15.1.